The van der Waals surface area contributed by atoms with Crippen LogP contribution in [0.2, 0.25) is 0 Å². The minimum absolute atomic E-state index is 0.0351. The highest BCUT2D eigenvalue weighted by Gasteiger charge is 2.06. The Morgan fingerprint density at radius 3 is 2.70 bits per heavy atom. The Kier molecular flexibility index (Phi) is 6.48. The predicted molar refractivity (Wildman–Crippen MR) is 91.8 cm³/mol. The second-order valence-corrected chi connectivity index (χ2v) is 6.71. The summed E-state index contributed by atoms with van der Waals surface area (Å²) in [5, 5.41) is 16.5. The van der Waals surface area contributed by atoms with Crippen LogP contribution in [0, 0.1) is 6.92 Å². The van der Waals surface area contributed by atoms with Crippen LogP contribution < -0.4 is 10.6 Å². The molecule has 2 heterocycles. The van der Waals surface area contributed by atoms with Crippen LogP contribution in [0.4, 0.5) is 10.9 Å². The SMILES string of the molecule is CC(=O)Nc1ccc(SCCCC(=O)Nc2nc(C)cs2)nn1. The van der Waals surface area contributed by atoms with Crippen LogP contribution >= 0.6 is 23.1 Å². The summed E-state index contributed by atoms with van der Waals surface area (Å²) in [7, 11) is 0. The van der Waals surface area contributed by atoms with E-state index < -0.39 is 0 Å². The van der Waals surface area contributed by atoms with Gasteiger partial charge in [0.1, 0.15) is 5.03 Å². The minimum atomic E-state index is -0.180. The molecule has 2 rings (SSSR count). The standard InChI is InChI=1S/C14H17N5O2S2/c1-9-8-23-14(15-9)17-12(21)4-3-7-22-13-6-5-11(18-19-13)16-10(2)20/h5-6,8H,3-4,7H2,1-2H3,(H,15,17,21)(H,16,18,20). The third kappa shape index (κ3) is 6.33. The zero-order valence-electron chi connectivity index (χ0n) is 12.8. The van der Waals surface area contributed by atoms with Gasteiger partial charge in [-0.3, -0.25) is 9.59 Å². The summed E-state index contributed by atoms with van der Waals surface area (Å²) in [5.41, 5.74) is 0.905. The number of thiazole rings is 1. The highest BCUT2D eigenvalue weighted by atomic mass is 32.2. The van der Waals surface area contributed by atoms with Crippen LogP contribution in [0.25, 0.3) is 0 Å². The van der Waals surface area contributed by atoms with E-state index in [9.17, 15) is 9.59 Å². The van der Waals surface area contributed by atoms with E-state index in [2.05, 4.69) is 25.8 Å². The summed E-state index contributed by atoms with van der Waals surface area (Å²) in [5.74, 6) is 0.978. The molecular weight excluding hydrogens is 334 g/mol. The number of aryl methyl sites for hydroxylation is 1. The number of carbonyl (C=O) groups is 2. The Bertz CT molecular complexity index is 672. The van der Waals surface area contributed by atoms with Gasteiger partial charge in [-0.2, -0.15) is 0 Å². The third-order valence-corrected chi connectivity index (χ3v) is 4.49. The molecule has 122 valence electrons. The fourth-order valence-electron chi connectivity index (χ4n) is 1.65. The first-order valence-corrected chi connectivity index (χ1v) is 8.85. The summed E-state index contributed by atoms with van der Waals surface area (Å²) < 4.78 is 0. The normalized spacial score (nSPS) is 10.3. The topological polar surface area (TPSA) is 96.9 Å². The Morgan fingerprint density at radius 1 is 1.26 bits per heavy atom. The van der Waals surface area contributed by atoms with E-state index in [1.165, 1.54) is 30.0 Å². The largest absolute Gasteiger partial charge is 0.309 e. The van der Waals surface area contributed by atoms with Crippen molar-refractivity contribution in [2.45, 2.75) is 31.7 Å². The zero-order chi connectivity index (χ0) is 16.7. The van der Waals surface area contributed by atoms with E-state index in [1.807, 2.05) is 12.3 Å². The van der Waals surface area contributed by atoms with Crippen molar-refractivity contribution in [1.82, 2.24) is 15.2 Å². The molecule has 0 aliphatic carbocycles. The monoisotopic (exact) mass is 351 g/mol. The van der Waals surface area contributed by atoms with Gasteiger partial charge in [-0.25, -0.2) is 4.98 Å². The first-order valence-electron chi connectivity index (χ1n) is 6.99. The number of anilines is 2. The third-order valence-electron chi connectivity index (χ3n) is 2.61. The first-order chi connectivity index (χ1) is 11.0. The lowest BCUT2D eigenvalue weighted by molar-refractivity contribution is -0.116. The highest BCUT2D eigenvalue weighted by Crippen LogP contribution is 2.18. The molecule has 2 N–H and O–H groups in total. The second kappa shape index (κ2) is 8.59. The summed E-state index contributed by atoms with van der Waals surface area (Å²) in [4.78, 5) is 26.8. The molecule has 0 bridgehead atoms. The number of nitrogens with one attached hydrogen (secondary N) is 2. The number of carbonyl (C=O) groups excluding carboxylic acids is 2. The van der Waals surface area contributed by atoms with E-state index >= 15 is 0 Å². The van der Waals surface area contributed by atoms with Crippen molar-refractivity contribution >= 4 is 45.9 Å². The lowest BCUT2D eigenvalue weighted by Crippen LogP contribution is -2.11. The zero-order valence-corrected chi connectivity index (χ0v) is 14.5. The van der Waals surface area contributed by atoms with Gasteiger partial charge in [0.15, 0.2) is 10.9 Å². The van der Waals surface area contributed by atoms with Crippen LogP contribution in [-0.2, 0) is 9.59 Å². The second-order valence-electron chi connectivity index (χ2n) is 4.73. The van der Waals surface area contributed by atoms with Crippen molar-refractivity contribution < 1.29 is 9.59 Å². The van der Waals surface area contributed by atoms with E-state index in [0.717, 1.165) is 22.9 Å². The van der Waals surface area contributed by atoms with Gasteiger partial charge in [0, 0.05) is 24.5 Å². The van der Waals surface area contributed by atoms with Gasteiger partial charge < -0.3 is 10.6 Å². The average molecular weight is 351 g/mol. The highest BCUT2D eigenvalue weighted by molar-refractivity contribution is 7.99. The van der Waals surface area contributed by atoms with Crippen LogP contribution in [0.1, 0.15) is 25.5 Å². The molecule has 2 aromatic heterocycles. The van der Waals surface area contributed by atoms with E-state index in [0.29, 0.717) is 17.4 Å². The molecule has 0 aromatic carbocycles. The number of hydrogen-bond donors (Lipinski definition) is 2. The maximum absolute atomic E-state index is 11.8. The van der Waals surface area contributed by atoms with Crippen molar-refractivity contribution in [1.29, 1.82) is 0 Å². The van der Waals surface area contributed by atoms with Crippen molar-refractivity contribution in [3.05, 3.63) is 23.2 Å². The Labute approximate surface area is 142 Å². The van der Waals surface area contributed by atoms with Gasteiger partial charge in [0.25, 0.3) is 0 Å². The smallest absolute Gasteiger partial charge is 0.226 e. The maximum atomic E-state index is 11.8. The van der Waals surface area contributed by atoms with Crippen molar-refractivity contribution in [2.24, 2.45) is 0 Å². The molecule has 7 nitrogen and oxygen atoms in total. The number of nitrogens with zero attached hydrogens (tertiary/aromatic N) is 3. The Balaban J connectivity index is 1.66. The molecule has 0 fully saturated rings. The molecule has 0 saturated heterocycles. The molecule has 2 aromatic rings. The first kappa shape index (κ1) is 17.4. The Morgan fingerprint density at radius 2 is 2.09 bits per heavy atom. The fourth-order valence-corrected chi connectivity index (χ4v) is 3.11. The Hall–Kier alpha value is -2.00. The summed E-state index contributed by atoms with van der Waals surface area (Å²) in [6.07, 6.45) is 1.17. The number of aromatic nitrogens is 3. The van der Waals surface area contributed by atoms with Crippen molar-refractivity contribution in [3.8, 4) is 0 Å². The quantitative estimate of drug-likeness (QED) is 0.588. The number of amides is 2. The molecule has 2 amide bonds. The minimum Gasteiger partial charge on any atom is -0.309 e. The predicted octanol–water partition coefficient (Wildman–Crippen LogP) is 2.71. The van der Waals surface area contributed by atoms with Gasteiger partial charge in [0.2, 0.25) is 11.8 Å². The molecule has 9 heteroatoms. The average Bonchev–Trinajstić information content (AvgIpc) is 2.90. The molecule has 0 aliphatic heterocycles. The summed E-state index contributed by atoms with van der Waals surface area (Å²) >= 11 is 2.94. The van der Waals surface area contributed by atoms with Gasteiger partial charge in [-0.15, -0.1) is 33.3 Å². The van der Waals surface area contributed by atoms with Gasteiger partial charge in [-0.05, 0) is 25.5 Å². The molecule has 0 radical (unpaired) electrons. The van der Waals surface area contributed by atoms with Crippen LogP contribution in [-0.4, -0.2) is 32.7 Å². The van der Waals surface area contributed by atoms with Gasteiger partial charge in [-0.1, -0.05) is 0 Å². The van der Waals surface area contributed by atoms with Gasteiger partial charge >= 0.3 is 0 Å². The van der Waals surface area contributed by atoms with Crippen molar-refractivity contribution in [2.75, 3.05) is 16.4 Å². The molecule has 0 saturated carbocycles. The van der Waals surface area contributed by atoms with E-state index in [4.69, 9.17) is 0 Å². The van der Waals surface area contributed by atoms with Crippen LogP contribution in [0.5, 0.6) is 0 Å². The van der Waals surface area contributed by atoms with Gasteiger partial charge in [0.05, 0.1) is 5.69 Å². The fraction of sp³-hybridized carbons (Fsp3) is 0.357. The molecular formula is C14H17N5O2S2. The lowest BCUT2D eigenvalue weighted by atomic mass is 10.3. The van der Waals surface area contributed by atoms with E-state index in [1.54, 1.807) is 12.1 Å². The van der Waals surface area contributed by atoms with Crippen LogP contribution in [0.3, 0.4) is 0 Å². The number of rotatable bonds is 7. The number of thioether (sulfide) groups is 1. The number of hydrogen-bond acceptors (Lipinski definition) is 7. The lowest BCUT2D eigenvalue weighted by Gasteiger charge is -2.03. The van der Waals surface area contributed by atoms with Crippen LogP contribution in [0.15, 0.2) is 22.5 Å². The molecule has 0 spiro atoms. The summed E-state index contributed by atoms with van der Waals surface area (Å²) in [6.45, 7) is 3.31. The summed E-state index contributed by atoms with van der Waals surface area (Å²) in [6, 6.07) is 3.50. The molecule has 0 aliphatic rings. The van der Waals surface area contributed by atoms with E-state index in [-0.39, 0.29) is 11.8 Å². The molecule has 0 atom stereocenters. The van der Waals surface area contributed by atoms with Crippen molar-refractivity contribution in [3.63, 3.8) is 0 Å². The maximum Gasteiger partial charge on any atom is 0.226 e. The molecule has 0 unspecified atom stereocenters. The molecule has 23 heavy (non-hydrogen) atoms.